The summed E-state index contributed by atoms with van der Waals surface area (Å²) in [5.74, 6) is -0.239. The maximum absolute atomic E-state index is 3.57. The van der Waals surface area contributed by atoms with Crippen LogP contribution < -0.4 is 5.19 Å². The predicted molar refractivity (Wildman–Crippen MR) is 80.4 cm³/mol. The smallest absolute Gasteiger partial charge is 0.119 e. The first kappa shape index (κ1) is 13.5. The molecule has 0 aliphatic rings. The van der Waals surface area contributed by atoms with Crippen molar-refractivity contribution in [1.29, 1.82) is 0 Å². The Morgan fingerprint density at radius 2 is 1.79 bits per heavy atom. The summed E-state index contributed by atoms with van der Waals surface area (Å²) in [6.45, 7) is 0. The third-order valence-corrected chi connectivity index (χ3v) is 35.1. The van der Waals surface area contributed by atoms with E-state index in [-0.39, 0.29) is 5.81 Å². The van der Waals surface area contributed by atoms with Crippen molar-refractivity contribution in [3.63, 3.8) is 0 Å². The van der Waals surface area contributed by atoms with Gasteiger partial charge in [0.15, 0.2) is 0 Å². The highest BCUT2D eigenvalue weighted by Gasteiger charge is 2.09. The van der Waals surface area contributed by atoms with Gasteiger partial charge in [0.25, 0.3) is 0 Å². The van der Waals surface area contributed by atoms with E-state index in [1.807, 2.05) is 0 Å². The van der Waals surface area contributed by atoms with Gasteiger partial charge in [0.2, 0.25) is 0 Å². The second-order valence-electron chi connectivity index (χ2n) is 2.31. The highest BCUT2D eigenvalue weighted by atomic mass is 127. The summed E-state index contributed by atoms with van der Waals surface area (Å²) in [5, 5.41) is 1.60. The van der Waals surface area contributed by atoms with Crippen molar-refractivity contribution in [2.45, 2.75) is 0 Å². The lowest BCUT2D eigenvalue weighted by atomic mass is 10.4. The second kappa shape index (κ2) is 8.60. The second-order valence-corrected chi connectivity index (χ2v) is 27.5. The van der Waals surface area contributed by atoms with Crippen molar-refractivity contribution in [2.24, 2.45) is 0 Å². The van der Waals surface area contributed by atoms with E-state index >= 15 is 0 Å². The van der Waals surface area contributed by atoms with E-state index in [2.05, 4.69) is 61.9 Å². The van der Waals surface area contributed by atoms with Crippen LogP contribution in [-0.4, -0.2) is 58.3 Å². The Bertz CT molecular complexity index is 243. The number of rotatable bonds is 6. The lowest BCUT2D eigenvalue weighted by Gasteiger charge is -2.05. The molecule has 0 aliphatic carbocycles. The molecule has 0 nitrogen and oxygen atoms in total. The third-order valence-electron chi connectivity index (χ3n) is 1.39. The number of hydrogen-bond donors (Lipinski definition) is 0. The maximum Gasteiger partial charge on any atom is 0.143 e. The zero-order valence-corrected chi connectivity index (χ0v) is 16.4. The van der Waals surface area contributed by atoms with Crippen LogP contribution in [0.15, 0.2) is 30.3 Å². The molecule has 14 radical (unpaired) electrons. The molecule has 0 N–H and O–H groups in total. The highest BCUT2D eigenvalue weighted by molar-refractivity contribution is 14.1. The third kappa shape index (κ3) is 5.52. The summed E-state index contributed by atoms with van der Waals surface area (Å²) in [7, 11) is 9.39. The molecule has 0 amide bonds. The van der Waals surface area contributed by atoms with Crippen LogP contribution in [0.4, 0.5) is 0 Å². The van der Waals surface area contributed by atoms with Gasteiger partial charge in [-0.15, -0.1) is 21.8 Å². The molecule has 0 bridgehead atoms. The van der Waals surface area contributed by atoms with Crippen molar-refractivity contribution in [1.82, 2.24) is 0 Å². The van der Waals surface area contributed by atoms with E-state index in [0.29, 0.717) is 0 Å². The quantitative estimate of drug-likeness (QED) is 0.251. The Morgan fingerprint density at radius 1 is 1.07 bits per heavy atom. The zero-order valence-electron chi connectivity index (χ0n) is 7.26. The molecule has 0 saturated carbocycles. The molecule has 0 atom stereocenters. The monoisotopic (exact) mass is 400 g/mol. The summed E-state index contributed by atoms with van der Waals surface area (Å²) < 4.78 is 0. The molecule has 0 saturated heterocycles. The summed E-state index contributed by atoms with van der Waals surface area (Å²) in [6.07, 6.45) is 0. The summed E-state index contributed by atoms with van der Waals surface area (Å²) in [6, 6.07) is 11.0. The molecule has 0 fully saturated rings. The molecule has 64 valence electrons. The Kier molecular flexibility index (Phi) is 8.31. The van der Waals surface area contributed by atoms with Gasteiger partial charge in [-0.1, -0.05) is 35.5 Å². The van der Waals surface area contributed by atoms with Gasteiger partial charge in [0.05, 0.1) is 0 Å². The van der Waals surface area contributed by atoms with E-state index in [1.165, 1.54) is 34.2 Å². The Labute approximate surface area is 115 Å². The first-order chi connectivity index (χ1) is 6.84. The van der Waals surface area contributed by atoms with Crippen LogP contribution in [-0.2, 0) is 0 Å². The lowest BCUT2D eigenvalue weighted by Crippen LogP contribution is -2.37. The topological polar surface area (TPSA) is 0 Å². The molecule has 1 aromatic rings. The molecule has 0 spiro atoms. The van der Waals surface area contributed by atoms with Crippen LogP contribution in [0.1, 0.15) is 0 Å². The van der Waals surface area contributed by atoms with Gasteiger partial charge in [-0.25, -0.2) is 0 Å². The van der Waals surface area contributed by atoms with Crippen LogP contribution in [0.3, 0.4) is 0 Å². The average molecular weight is 401 g/mol. The number of halogens is 1. The Hall–Kier alpha value is 1.47. The van der Waals surface area contributed by atoms with Crippen LogP contribution in [0.25, 0.3) is 0 Å². The summed E-state index contributed by atoms with van der Waals surface area (Å²) >= 11 is 2.68. The van der Waals surface area contributed by atoms with Crippen molar-refractivity contribution in [2.75, 3.05) is 0 Å². The van der Waals surface area contributed by atoms with Crippen LogP contribution in [0.2, 0.25) is 0 Å². The molecule has 8 heteroatoms. The Balaban J connectivity index is 2.25. The molecule has 14 heavy (non-hydrogen) atoms. The fourth-order valence-electron chi connectivity index (χ4n) is 0.805. The largest absolute Gasteiger partial charge is 0.143 e. The van der Waals surface area contributed by atoms with Gasteiger partial charge in [-0.2, -0.15) is 0 Å². The van der Waals surface area contributed by atoms with Crippen molar-refractivity contribution >= 4 is 85.3 Å². The van der Waals surface area contributed by atoms with Crippen LogP contribution in [0, 0.1) is 0 Å². The van der Waals surface area contributed by atoms with Gasteiger partial charge in [-0.05, 0) is 0 Å². The number of benzene rings is 1. The minimum atomic E-state index is -0.239. The van der Waals surface area contributed by atoms with Crippen molar-refractivity contribution < 1.29 is 0 Å². The van der Waals surface area contributed by atoms with E-state index in [9.17, 15) is 0 Å². The maximum atomic E-state index is 3.57. The van der Waals surface area contributed by atoms with Crippen LogP contribution >= 0.6 is 21.8 Å². The molecule has 1 aromatic carbocycles. The number of hydrogen-bond acceptors (Lipinski definition) is 0. The lowest BCUT2D eigenvalue weighted by molar-refractivity contribution is 1.77. The highest BCUT2D eigenvalue weighted by Crippen LogP contribution is 1.94. The van der Waals surface area contributed by atoms with Crippen molar-refractivity contribution in [3.8, 4) is 0 Å². The summed E-state index contributed by atoms with van der Waals surface area (Å²) in [4.78, 5) is 0. The minimum Gasteiger partial charge on any atom is -0.119 e. The standard InChI is InChI=1S/C6H5ISi7/c7-14(13-12-11-10-9-8)6-4-2-1-3-5-6/h1-5H. The first-order valence-electron chi connectivity index (χ1n) is 3.85. The van der Waals surface area contributed by atoms with Gasteiger partial charge in [0, 0.05) is 52.5 Å². The molecule has 0 heterocycles. The van der Waals surface area contributed by atoms with Gasteiger partial charge in [-0.3, -0.25) is 0 Å². The molecular weight excluding hydrogens is 396 g/mol. The average Bonchev–Trinajstić information content (AvgIpc) is 2.25. The van der Waals surface area contributed by atoms with E-state index < -0.39 is 0 Å². The van der Waals surface area contributed by atoms with Gasteiger partial charge >= 0.3 is 0 Å². The minimum absolute atomic E-state index is 0.239. The first-order valence-corrected chi connectivity index (χ1v) is 20.0. The SMILES string of the molecule is [Si][Si][Si][Si][Si][Si][Si](I)c1ccccc1. The van der Waals surface area contributed by atoms with E-state index in [0.717, 1.165) is 8.55 Å². The molecule has 0 unspecified atom stereocenters. The molecule has 0 aliphatic heterocycles. The molecule has 0 aromatic heterocycles. The summed E-state index contributed by atoms with van der Waals surface area (Å²) in [5.41, 5.74) is 0. The van der Waals surface area contributed by atoms with E-state index in [1.54, 1.807) is 5.19 Å². The van der Waals surface area contributed by atoms with Crippen molar-refractivity contribution in [3.05, 3.63) is 30.3 Å². The molecule has 1 rings (SSSR count). The van der Waals surface area contributed by atoms with Crippen LogP contribution in [0.5, 0.6) is 0 Å². The van der Waals surface area contributed by atoms with Gasteiger partial charge in [0.1, 0.15) is 5.81 Å². The molecular formula is C6H5ISi7. The zero-order chi connectivity index (χ0) is 10.2. The predicted octanol–water partition coefficient (Wildman–Crippen LogP) is -0.919. The normalized spacial score (nSPS) is 10.8. The fraction of sp³-hybridized carbons (Fsp3) is 0. The Morgan fingerprint density at radius 3 is 2.43 bits per heavy atom. The van der Waals surface area contributed by atoms with E-state index in [4.69, 9.17) is 0 Å². The van der Waals surface area contributed by atoms with Gasteiger partial charge < -0.3 is 0 Å². The fourth-order valence-corrected chi connectivity index (χ4v) is 42.7.